The van der Waals surface area contributed by atoms with Crippen LogP contribution in [0, 0.1) is 0 Å². The lowest BCUT2D eigenvalue weighted by molar-refractivity contribution is 0.0322. The molecular formula is C26H25NO4S. The summed E-state index contributed by atoms with van der Waals surface area (Å²) in [5, 5.41) is 20.8. The van der Waals surface area contributed by atoms with E-state index in [1.807, 2.05) is 30.3 Å². The van der Waals surface area contributed by atoms with Gasteiger partial charge in [-0.1, -0.05) is 12.1 Å². The quantitative estimate of drug-likeness (QED) is 0.417. The second kappa shape index (κ2) is 9.20. The first-order valence-corrected chi connectivity index (χ1v) is 11.6. The molecule has 1 aliphatic rings. The molecule has 0 unspecified atom stereocenters. The zero-order valence-corrected chi connectivity index (χ0v) is 18.5. The summed E-state index contributed by atoms with van der Waals surface area (Å²) >= 11 is 1.64. The van der Waals surface area contributed by atoms with Crippen LogP contribution >= 0.6 is 11.3 Å². The minimum atomic E-state index is 0.243. The molecule has 1 aromatic heterocycles. The molecule has 164 valence electrons. The molecule has 1 aliphatic heterocycles. The highest BCUT2D eigenvalue weighted by Gasteiger charge is 2.17. The number of aromatic hydroxyl groups is 2. The lowest BCUT2D eigenvalue weighted by atomic mass is 9.98. The molecule has 0 atom stereocenters. The standard InChI is InChI=1S/C26H25NO4S/c28-20-5-1-19(2-6-20)26-25(23-10-7-21(29)17-24(23)32-26)18-3-8-22(9-4-18)31-16-13-27-11-14-30-15-12-27/h1-10,17,28-29H,11-16H2. The zero-order chi connectivity index (χ0) is 21.9. The van der Waals surface area contributed by atoms with Crippen LogP contribution in [0.1, 0.15) is 0 Å². The molecule has 0 saturated carbocycles. The number of fused-ring (bicyclic) bond motifs is 1. The van der Waals surface area contributed by atoms with Crippen LogP contribution in [0.15, 0.2) is 66.7 Å². The molecule has 0 spiro atoms. The van der Waals surface area contributed by atoms with Gasteiger partial charge in [-0.15, -0.1) is 11.3 Å². The Morgan fingerprint density at radius 1 is 0.844 bits per heavy atom. The van der Waals surface area contributed by atoms with Crippen molar-refractivity contribution in [2.24, 2.45) is 0 Å². The van der Waals surface area contributed by atoms with Crippen LogP contribution in [0.4, 0.5) is 0 Å². The Morgan fingerprint density at radius 2 is 1.53 bits per heavy atom. The van der Waals surface area contributed by atoms with Crippen molar-refractivity contribution in [3.8, 4) is 38.8 Å². The fourth-order valence-corrected chi connectivity index (χ4v) is 5.29. The van der Waals surface area contributed by atoms with Crippen molar-refractivity contribution in [2.75, 3.05) is 39.5 Å². The van der Waals surface area contributed by atoms with Gasteiger partial charge in [0.1, 0.15) is 23.9 Å². The smallest absolute Gasteiger partial charge is 0.119 e. The van der Waals surface area contributed by atoms with Gasteiger partial charge in [0.05, 0.1) is 13.2 Å². The van der Waals surface area contributed by atoms with Gasteiger partial charge in [-0.2, -0.15) is 0 Å². The summed E-state index contributed by atoms with van der Waals surface area (Å²) in [6.07, 6.45) is 0. The summed E-state index contributed by atoms with van der Waals surface area (Å²) in [6.45, 7) is 5.06. The summed E-state index contributed by atoms with van der Waals surface area (Å²) in [5.41, 5.74) is 3.24. The van der Waals surface area contributed by atoms with Gasteiger partial charge < -0.3 is 19.7 Å². The van der Waals surface area contributed by atoms with Crippen LogP contribution in [0.3, 0.4) is 0 Å². The van der Waals surface area contributed by atoms with Gasteiger partial charge in [0.2, 0.25) is 0 Å². The van der Waals surface area contributed by atoms with E-state index in [1.165, 1.54) is 0 Å². The highest BCUT2D eigenvalue weighted by atomic mass is 32.1. The highest BCUT2D eigenvalue weighted by Crippen LogP contribution is 2.46. The maximum atomic E-state index is 9.97. The summed E-state index contributed by atoms with van der Waals surface area (Å²) < 4.78 is 12.4. The molecule has 0 aliphatic carbocycles. The molecule has 32 heavy (non-hydrogen) atoms. The highest BCUT2D eigenvalue weighted by molar-refractivity contribution is 7.23. The van der Waals surface area contributed by atoms with Gasteiger partial charge in [0.25, 0.3) is 0 Å². The molecule has 1 saturated heterocycles. The van der Waals surface area contributed by atoms with E-state index in [0.29, 0.717) is 6.61 Å². The zero-order valence-electron chi connectivity index (χ0n) is 17.7. The molecule has 5 nitrogen and oxygen atoms in total. The molecule has 1 fully saturated rings. The fourth-order valence-electron chi connectivity index (χ4n) is 4.02. The minimum Gasteiger partial charge on any atom is -0.508 e. The van der Waals surface area contributed by atoms with Crippen LogP contribution in [-0.2, 0) is 4.74 Å². The van der Waals surface area contributed by atoms with Gasteiger partial charge in [0, 0.05) is 40.2 Å². The predicted molar refractivity (Wildman–Crippen MR) is 129 cm³/mol. The minimum absolute atomic E-state index is 0.243. The molecule has 2 heterocycles. The largest absolute Gasteiger partial charge is 0.508 e. The molecule has 0 bridgehead atoms. The van der Waals surface area contributed by atoms with Crippen LogP contribution in [0.2, 0.25) is 0 Å². The second-order valence-electron chi connectivity index (χ2n) is 7.86. The Morgan fingerprint density at radius 3 is 2.28 bits per heavy atom. The molecule has 5 rings (SSSR count). The first-order chi connectivity index (χ1) is 15.7. The molecule has 0 radical (unpaired) electrons. The second-order valence-corrected chi connectivity index (χ2v) is 8.91. The van der Waals surface area contributed by atoms with E-state index in [1.54, 1.807) is 35.6 Å². The van der Waals surface area contributed by atoms with Crippen LogP contribution < -0.4 is 4.74 Å². The van der Waals surface area contributed by atoms with E-state index in [2.05, 4.69) is 17.0 Å². The molecular weight excluding hydrogens is 422 g/mol. The molecule has 0 amide bonds. The Labute approximate surface area is 191 Å². The summed E-state index contributed by atoms with van der Waals surface area (Å²) in [4.78, 5) is 3.46. The third-order valence-corrected chi connectivity index (χ3v) is 6.93. The molecule has 3 aromatic carbocycles. The van der Waals surface area contributed by atoms with Gasteiger partial charge in [-0.05, 0) is 65.7 Å². The Kier molecular flexibility index (Phi) is 5.99. The average molecular weight is 448 g/mol. The Balaban J connectivity index is 1.42. The number of ether oxygens (including phenoxy) is 2. The van der Waals surface area contributed by atoms with Gasteiger partial charge in [-0.3, -0.25) is 4.90 Å². The van der Waals surface area contributed by atoms with E-state index in [4.69, 9.17) is 9.47 Å². The van der Waals surface area contributed by atoms with E-state index in [0.717, 1.165) is 70.3 Å². The topological polar surface area (TPSA) is 62.2 Å². The third-order valence-electron chi connectivity index (χ3n) is 5.73. The SMILES string of the molecule is Oc1ccc(-c2sc3cc(O)ccc3c2-c2ccc(OCCN3CCOCC3)cc2)cc1. The first-order valence-electron chi connectivity index (χ1n) is 10.8. The normalized spacial score (nSPS) is 14.6. The summed E-state index contributed by atoms with van der Waals surface area (Å²) in [6, 6.07) is 20.9. The number of hydrogen-bond acceptors (Lipinski definition) is 6. The van der Waals surface area contributed by atoms with Gasteiger partial charge in [-0.25, -0.2) is 0 Å². The number of morpholine rings is 1. The maximum Gasteiger partial charge on any atom is 0.119 e. The molecule has 4 aromatic rings. The lowest BCUT2D eigenvalue weighted by Gasteiger charge is -2.26. The van der Waals surface area contributed by atoms with Gasteiger partial charge in [0.15, 0.2) is 0 Å². The average Bonchev–Trinajstić information content (AvgIpc) is 3.19. The Hall–Kier alpha value is -3.06. The predicted octanol–water partition coefficient (Wildman–Crippen LogP) is 5.36. The van der Waals surface area contributed by atoms with E-state index < -0.39 is 0 Å². The number of phenolic OH excluding ortho intramolecular Hbond substituents is 2. The first kappa shape index (κ1) is 20.8. The van der Waals surface area contributed by atoms with E-state index >= 15 is 0 Å². The van der Waals surface area contributed by atoms with Crippen LogP contribution in [-0.4, -0.2) is 54.6 Å². The lowest BCUT2D eigenvalue weighted by Crippen LogP contribution is -2.38. The number of rotatable bonds is 6. The van der Waals surface area contributed by atoms with Crippen molar-refractivity contribution >= 4 is 21.4 Å². The summed E-state index contributed by atoms with van der Waals surface area (Å²) in [5.74, 6) is 1.35. The van der Waals surface area contributed by atoms with Crippen molar-refractivity contribution in [1.29, 1.82) is 0 Å². The Bertz CT molecular complexity index is 1200. The van der Waals surface area contributed by atoms with Crippen molar-refractivity contribution in [2.45, 2.75) is 0 Å². The third kappa shape index (κ3) is 4.43. The monoisotopic (exact) mass is 447 g/mol. The van der Waals surface area contributed by atoms with Crippen LogP contribution in [0.5, 0.6) is 17.2 Å². The number of thiophene rings is 1. The summed E-state index contributed by atoms with van der Waals surface area (Å²) in [7, 11) is 0. The van der Waals surface area contributed by atoms with E-state index in [9.17, 15) is 10.2 Å². The fraction of sp³-hybridized carbons (Fsp3) is 0.231. The van der Waals surface area contributed by atoms with Crippen LogP contribution in [0.25, 0.3) is 31.7 Å². The van der Waals surface area contributed by atoms with Crippen molar-refractivity contribution in [3.05, 3.63) is 66.7 Å². The number of phenols is 2. The van der Waals surface area contributed by atoms with Crippen molar-refractivity contribution < 1.29 is 19.7 Å². The van der Waals surface area contributed by atoms with Crippen molar-refractivity contribution in [3.63, 3.8) is 0 Å². The maximum absolute atomic E-state index is 9.97. The number of hydrogen-bond donors (Lipinski definition) is 2. The van der Waals surface area contributed by atoms with E-state index in [-0.39, 0.29) is 11.5 Å². The number of benzene rings is 3. The molecule has 2 N–H and O–H groups in total. The van der Waals surface area contributed by atoms with Gasteiger partial charge >= 0.3 is 0 Å². The van der Waals surface area contributed by atoms with Crippen molar-refractivity contribution in [1.82, 2.24) is 4.90 Å². The molecule has 6 heteroatoms. The number of nitrogens with zero attached hydrogens (tertiary/aromatic N) is 1.